The minimum atomic E-state index is -2.74. The normalized spacial score (nSPS) is 9.19. The standard InChI is InChI=1S/C6H8O7.C2H4O2.BH3O3/c7-3(8)1-6(13,5(11)12)2-4(9)10;1-2(3)4;2-1(3)4/h13H,1-2H2,(H,7,8)(H,9,10)(H,11,12);1H3,(H,3,4);2-4H. The van der Waals surface area contributed by atoms with Crippen molar-refractivity contribution in [3.8, 4) is 0 Å². The highest BCUT2D eigenvalue weighted by Crippen LogP contribution is 2.15. The van der Waals surface area contributed by atoms with Crippen LogP contribution in [0.2, 0.25) is 0 Å². The highest BCUT2D eigenvalue weighted by Gasteiger charge is 2.40. The zero-order chi connectivity index (χ0) is 17.8. The molecule has 21 heavy (non-hydrogen) atoms. The summed E-state index contributed by atoms with van der Waals surface area (Å²) in [4.78, 5) is 39.5. The van der Waals surface area contributed by atoms with Crippen LogP contribution in [-0.2, 0) is 19.2 Å². The Balaban J connectivity index is -0.000000334. The van der Waals surface area contributed by atoms with Gasteiger partial charge in [-0.15, -0.1) is 0 Å². The van der Waals surface area contributed by atoms with Crippen LogP contribution in [0.1, 0.15) is 19.8 Å². The number of carbonyl (C=O) groups is 4. The molecule has 0 bridgehead atoms. The summed E-state index contributed by atoms with van der Waals surface area (Å²) in [6, 6.07) is 0. The summed E-state index contributed by atoms with van der Waals surface area (Å²) < 4.78 is 0. The quantitative estimate of drug-likeness (QED) is 0.234. The van der Waals surface area contributed by atoms with Crippen molar-refractivity contribution in [2.75, 3.05) is 0 Å². The maximum atomic E-state index is 10.3. The Labute approximate surface area is 117 Å². The van der Waals surface area contributed by atoms with Gasteiger partial charge in [0.25, 0.3) is 5.97 Å². The summed E-state index contributed by atoms with van der Waals surface area (Å²) in [6.45, 7) is 1.08. The van der Waals surface area contributed by atoms with E-state index in [0.29, 0.717) is 0 Å². The van der Waals surface area contributed by atoms with Crippen LogP contribution in [0.5, 0.6) is 0 Å². The predicted octanol–water partition coefficient (Wildman–Crippen LogP) is -3.21. The largest absolute Gasteiger partial charge is 0.631 e. The molecular formula is C8H15BO12. The average molecular weight is 314 g/mol. The molecule has 8 N–H and O–H groups in total. The van der Waals surface area contributed by atoms with Gasteiger partial charge in [0.2, 0.25) is 0 Å². The molecule has 122 valence electrons. The highest BCUT2D eigenvalue weighted by atomic mass is 16.5. The first-order chi connectivity index (χ1) is 9.24. The lowest BCUT2D eigenvalue weighted by Gasteiger charge is -2.18. The molecule has 0 aliphatic rings. The van der Waals surface area contributed by atoms with Gasteiger partial charge in [0.15, 0.2) is 5.60 Å². The Morgan fingerprint density at radius 2 is 1.05 bits per heavy atom. The lowest BCUT2D eigenvalue weighted by molar-refractivity contribution is -0.170. The first-order valence-electron chi connectivity index (χ1n) is 4.87. The van der Waals surface area contributed by atoms with E-state index in [-0.39, 0.29) is 0 Å². The van der Waals surface area contributed by atoms with Gasteiger partial charge >= 0.3 is 25.2 Å². The molecule has 0 fully saturated rings. The van der Waals surface area contributed by atoms with Gasteiger partial charge in [0, 0.05) is 6.92 Å². The summed E-state index contributed by atoms with van der Waals surface area (Å²) in [6.07, 6.45) is -2.29. The van der Waals surface area contributed by atoms with Crippen molar-refractivity contribution in [1.82, 2.24) is 0 Å². The zero-order valence-electron chi connectivity index (χ0n) is 10.7. The molecule has 0 radical (unpaired) electrons. The average Bonchev–Trinajstić information content (AvgIpc) is 2.11. The summed E-state index contributed by atoms with van der Waals surface area (Å²) in [5, 5.41) is 62.7. The molecule has 0 saturated heterocycles. The van der Waals surface area contributed by atoms with Crippen LogP contribution in [0.15, 0.2) is 0 Å². The second-order valence-corrected chi connectivity index (χ2v) is 3.34. The molecule has 0 aliphatic carbocycles. The van der Waals surface area contributed by atoms with Crippen LogP contribution in [0.4, 0.5) is 0 Å². The minimum Gasteiger partial charge on any atom is -0.481 e. The topological polar surface area (TPSA) is 230 Å². The number of aliphatic hydroxyl groups is 1. The van der Waals surface area contributed by atoms with Gasteiger partial charge in [-0.2, -0.15) is 0 Å². The molecule has 0 heterocycles. The zero-order valence-corrected chi connectivity index (χ0v) is 10.7. The number of rotatable bonds is 5. The Morgan fingerprint density at radius 1 is 0.857 bits per heavy atom. The van der Waals surface area contributed by atoms with E-state index < -0.39 is 49.6 Å². The van der Waals surface area contributed by atoms with Crippen molar-refractivity contribution < 1.29 is 59.8 Å². The smallest absolute Gasteiger partial charge is 0.481 e. The Hall–Kier alpha value is -2.22. The highest BCUT2D eigenvalue weighted by molar-refractivity contribution is 6.30. The van der Waals surface area contributed by atoms with E-state index >= 15 is 0 Å². The molecule has 0 aromatic carbocycles. The van der Waals surface area contributed by atoms with Gasteiger partial charge in [-0.1, -0.05) is 0 Å². The van der Waals surface area contributed by atoms with Gasteiger partial charge in [-0.3, -0.25) is 14.4 Å². The molecule has 0 spiro atoms. The summed E-state index contributed by atoms with van der Waals surface area (Å²) >= 11 is 0. The number of carboxylic acid groups (broad SMARTS) is 4. The third kappa shape index (κ3) is 23.3. The van der Waals surface area contributed by atoms with Gasteiger partial charge in [-0.25, -0.2) is 4.79 Å². The lowest BCUT2D eigenvalue weighted by atomic mass is 9.96. The van der Waals surface area contributed by atoms with Gasteiger partial charge in [0.05, 0.1) is 12.8 Å². The molecule has 0 aromatic rings. The maximum Gasteiger partial charge on any atom is 0.631 e. The lowest BCUT2D eigenvalue weighted by Crippen LogP contribution is -2.42. The van der Waals surface area contributed by atoms with E-state index in [4.69, 9.17) is 45.4 Å². The van der Waals surface area contributed by atoms with Crippen molar-refractivity contribution in [2.24, 2.45) is 0 Å². The molecule has 0 aromatic heterocycles. The van der Waals surface area contributed by atoms with E-state index in [2.05, 4.69) is 0 Å². The first-order valence-corrected chi connectivity index (χ1v) is 4.87. The first kappa shape index (κ1) is 23.8. The van der Waals surface area contributed by atoms with Gasteiger partial charge in [0.1, 0.15) is 0 Å². The van der Waals surface area contributed by atoms with Crippen LogP contribution in [0, 0.1) is 0 Å². The van der Waals surface area contributed by atoms with E-state index in [1.165, 1.54) is 0 Å². The molecule has 0 rings (SSSR count). The van der Waals surface area contributed by atoms with E-state index in [9.17, 15) is 14.4 Å². The number of hydrogen-bond acceptors (Lipinski definition) is 8. The Kier molecular flexibility index (Phi) is 13.2. The molecule has 0 saturated carbocycles. The third-order valence-corrected chi connectivity index (χ3v) is 1.29. The molecule has 13 heteroatoms. The summed E-state index contributed by atoms with van der Waals surface area (Å²) in [7, 11) is -2.17. The van der Waals surface area contributed by atoms with Crippen LogP contribution in [-0.4, -0.2) is 77.4 Å². The molecule has 0 unspecified atom stereocenters. The predicted molar refractivity (Wildman–Crippen MR) is 62.8 cm³/mol. The van der Waals surface area contributed by atoms with Crippen molar-refractivity contribution in [3.05, 3.63) is 0 Å². The fraction of sp³-hybridized carbons (Fsp3) is 0.500. The van der Waals surface area contributed by atoms with Gasteiger partial charge < -0.3 is 40.6 Å². The van der Waals surface area contributed by atoms with Crippen LogP contribution in [0.25, 0.3) is 0 Å². The van der Waals surface area contributed by atoms with E-state index in [1.807, 2.05) is 0 Å². The number of carboxylic acids is 4. The second kappa shape index (κ2) is 11.6. The van der Waals surface area contributed by atoms with Crippen LogP contribution in [0.3, 0.4) is 0 Å². The summed E-state index contributed by atoms with van der Waals surface area (Å²) in [5.74, 6) is -5.85. The van der Waals surface area contributed by atoms with Crippen molar-refractivity contribution in [1.29, 1.82) is 0 Å². The van der Waals surface area contributed by atoms with Crippen molar-refractivity contribution in [3.63, 3.8) is 0 Å². The maximum absolute atomic E-state index is 10.3. The third-order valence-electron chi connectivity index (χ3n) is 1.29. The SMILES string of the molecule is CC(=O)O.O=C(O)CC(O)(CC(=O)O)C(=O)O.OB(O)O. The van der Waals surface area contributed by atoms with Crippen molar-refractivity contribution in [2.45, 2.75) is 25.4 Å². The van der Waals surface area contributed by atoms with Crippen LogP contribution >= 0.6 is 0 Å². The Morgan fingerprint density at radius 3 is 1.14 bits per heavy atom. The molecule has 0 amide bonds. The molecule has 0 aliphatic heterocycles. The minimum absolute atomic E-state index is 0.833. The van der Waals surface area contributed by atoms with E-state index in [0.717, 1.165) is 6.92 Å². The van der Waals surface area contributed by atoms with E-state index in [1.54, 1.807) is 0 Å². The van der Waals surface area contributed by atoms with Crippen LogP contribution < -0.4 is 0 Å². The Bertz CT molecular complexity index is 342. The summed E-state index contributed by atoms with van der Waals surface area (Å²) in [5.41, 5.74) is -2.74. The van der Waals surface area contributed by atoms with Crippen molar-refractivity contribution >= 4 is 31.2 Å². The monoisotopic (exact) mass is 314 g/mol. The number of aliphatic carboxylic acids is 4. The molecular weight excluding hydrogens is 299 g/mol. The fourth-order valence-electron chi connectivity index (χ4n) is 0.714. The second-order valence-electron chi connectivity index (χ2n) is 3.34. The van der Waals surface area contributed by atoms with Gasteiger partial charge in [-0.05, 0) is 0 Å². The molecule has 12 nitrogen and oxygen atoms in total. The fourth-order valence-corrected chi connectivity index (χ4v) is 0.714. The number of hydrogen-bond donors (Lipinski definition) is 8. The molecule has 0 atom stereocenters.